The lowest BCUT2D eigenvalue weighted by molar-refractivity contribution is -0.139. The Morgan fingerprint density at radius 2 is 1.82 bits per heavy atom. The van der Waals surface area contributed by atoms with Gasteiger partial charge in [-0.15, -0.1) is 0 Å². The van der Waals surface area contributed by atoms with E-state index in [0.29, 0.717) is 17.9 Å². The largest absolute Gasteiger partial charge is 0.483 e. The Kier molecular flexibility index (Phi) is 6.41. The lowest BCUT2D eigenvalue weighted by Gasteiger charge is -2.44. The highest BCUT2D eigenvalue weighted by molar-refractivity contribution is 5.81. The number of benzene rings is 2. The van der Waals surface area contributed by atoms with Crippen molar-refractivity contribution in [2.24, 2.45) is 0 Å². The van der Waals surface area contributed by atoms with Gasteiger partial charge in [-0.05, 0) is 43.7 Å². The Balaban J connectivity index is 1.57. The monoisotopic (exact) mass is 384 g/mol. The number of nitrogens with zero attached hydrogens (tertiary/aromatic N) is 2. The second kappa shape index (κ2) is 8.97. The van der Waals surface area contributed by atoms with Gasteiger partial charge in [-0.1, -0.05) is 24.3 Å². The molecule has 0 saturated carbocycles. The number of hydrogen-bond acceptors (Lipinski definition) is 4. The third-order valence-corrected chi connectivity index (χ3v) is 5.13. The maximum atomic E-state index is 13.1. The number of hydrogen-bond donors (Lipinski definition) is 0. The van der Waals surface area contributed by atoms with Crippen molar-refractivity contribution < 1.29 is 18.7 Å². The zero-order valence-electron chi connectivity index (χ0n) is 16.2. The van der Waals surface area contributed by atoms with E-state index < -0.39 is 0 Å². The van der Waals surface area contributed by atoms with Crippen LogP contribution in [0.4, 0.5) is 4.39 Å². The van der Waals surface area contributed by atoms with Crippen molar-refractivity contribution >= 4 is 12.2 Å². The Labute approximate surface area is 164 Å². The molecule has 28 heavy (non-hydrogen) atoms. The molecular weight excluding hydrogens is 359 g/mol. The molecule has 5 nitrogen and oxygen atoms in total. The fourth-order valence-electron chi connectivity index (χ4n) is 3.52. The number of rotatable bonds is 6. The molecule has 0 unspecified atom stereocenters. The second-order valence-electron chi connectivity index (χ2n) is 7.24. The SMILES string of the molecule is C[C@@H]1CN(Cc2ccc(F)cc2)[C@@H](C)CN1C(=O)COc1ccccc1C=O. The normalized spacial score (nSPS) is 20.0. The molecule has 2 aromatic rings. The fourth-order valence-corrected chi connectivity index (χ4v) is 3.52. The van der Waals surface area contributed by atoms with Gasteiger partial charge in [0.15, 0.2) is 12.9 Å². The Morgan fingerprint density at radius 1 is 1.11 bits per heavy atom. The number of piperazine rings is 1. The van der Waals surface area contributed by atoms with Crippen LogP contribution in [0.3, 0.4) is 0 Å². The number of para-hydroxylation sites is 1. The van der Waals surface area contributed by atoms with Gasteiger partial charge in [0.1, 0.15) is 11.6 Å². The summed E-state index contributed by atoms with van der Waals surface area (Å²) in [5.41, 5.74) is 1.48. The highest BCUT2D eigenvalue weighted by Gasteiger charge is 2.32. The Bertz CT molecular complexity index is 825. The number of amides is 1. The van der Waals surface area contributed by atoms with Crippen molar-refractivity contribution in [2.75, 3.05) is 19.7 Å². The van der Waals surface area contributed by atoms with Crippen LogP contribution in [0.5, 0.6) is 5.75 Å². The molecule has 1 fully saturated rings. The number of carbonyl (C=O) groups is 2. The van der Waals surface area contributed by atoms with Gasteiger partial charge in [0, 0.05) is 31.7 Å². The van der Waals surface area contributed by atoms with Crippen molar-refractivity contribution in [2.45, 2.75) is 32.5 Å². The molecule has 0 N–H and O–H groups in total. The molecule has 0 radical (unpaired) electrons. The van der Waals surface area contributed by atoms with Crippen molar-refractivity contribution in [3.8, 4) is 5.75 Å². The minimum atomic E-state index is -0.239. The van der Waals surface area contributed by atoms with Crippen molar-refractivity contribution in [1.29, 1.82) is 0 Å². The molecule has 1 heterocycles. The van der Waals surface area contributed by atoms with E-state index >= 15 is 0 Å². The summed E-state index contributed by atoms with van der Waals surface area (Å²) in [5, 5.41) is 0. The van der Waals surface area contributed by atoms with E-state index in [2.05, 4.69) is 11.8 Å². The van der Waals surface area contributed by atoms with Crippen molar-refractivity contribution in [3.63, 3.8) is 0 Å². The zero-order valence-corrected chi connectivity index (χ0v) is 16.2. The van der Waals surface area contributed by atoms with Gasteiger partial charge in [-0.3, -0.25) is 14.5 Å². The summed E-state index contributed by atoms with van der Waals surface area (Å²) in [4.78, 5) is 27.9. The molecule has 0 spiro atoms. The molecule has 148 valence electrons. The van der Waals surface area contributed by atoms with Crippen LogP contribution < -0.4 is 4.74 Å². The molecule has 0 bridgehead atoms. The van der Waals surface area contributed by atoms with Gasteiger partial charge in [-0.25, -0.2) is 4.39 Å². The zero-order chi connectivity index (χ0) is 20.1. The minimum absolute atomic E-state index is 0.0362. The predicted octanol–water partition coefficient (Wildman–Crippen LogP) is 3.14. The Hall–Kier alpha value is -2.73. The average molecular weight is 384 g/mol. The second-order valence-corrected chi connectivity index (χ2v) is 7.24. The van der Waals surface area contributed by atoms with E-state index in [1.807, 2.05) is 11.8 Å². The van der Waals surface area contributed by atoms with Crippen molar-refractivity contribution in [1.82, 2.24) is 9.80 Å². The molecule has 3 rings (SSSR count). The van der Waals surface area contributed by atoms with Gasteiger partial charge in [-0.2, -0.15) is 0 Å². The fraction of sp³-hybridized carbons (Fsp3) is 0.364. The first-order valence-corrected chi connectivity index (χ1v) is 9.43. The van der Waals surface area contributed by atoms with Crippen LogP contribution in [0.2, 0.25) is 0 Å². The van der Waals surface area contributed by atoms with E-state index in [1.165, 1.54) is 12.1 Å². The van der Waals surface area contributed by atoms with Crippen LogP contribution in [0, 0.1) is 5.82 Å². The summed E-state index contributed by atoms with van der Waals surface area (Å²) in [6, 6.07) is 13.6. The maximum Gasteiger partial charge on any atom is 0.260 e. The summed E-state index contributed by atoms with van der Waals surface area (Å²) >= 11 is 0. The molecule has 1 aliphatic rings. The Morgan fingerprint density at radius 3 is 2.54 bits per heavy atom. The number of aldehydes is 1. The first-order chi connectivity index (χ1) is 13.5. The minimum Gasteiger partial charge on any atom is -0.483 e. The third kappa shape index (κ3) is 4.75. The summed E-state index contributed by atoms with van der Waals surface area (Å²) < 4.78 is 18.7. The smallest absolute Gasteiger partial charge is 0.260 e. The first-order valence-electron chi connectivity index (χ1n) is 9.43. The number of halogens is 1. The highest BCUT2D eigenvalue weighted by atomic mass is 19.1. The number of carbonyl (C=O) groups excluding carboxylic acids is 2. The molecule has 6 heteroatoms. The molecule has 0 aromatic heterocycles. The standard InChI is InChI=1S/C22H25FN2O3/c1-16-12-25(22(27)15-28-21-6-4-3-5-19(21)14-26)17(2)11-24(16)13-18-7-9-20(23)10-8-18/h3-10,14,16-17H,11-13,15H2,1-2H3/t16-,17+/m0/s1. The van der Waals surface area contributed by atoms with Crippen molar-refractivity contribution in [3.05, 3.63) is 65.5 Å². The van der Waals surface area contributed by atoms with E-state index in [-0.39, 0.29) is 30.4 Å². The van der Waals surface area contributed by atoms with E-state index in [9.17, 15) is 14.0 Å². The number of ether oxygens (including phenoxy) is 1. The lowest BCUT2D eigenvalue weighted by Crippen LogP contribution is -2.58. The molecule has 1 aliphatic heterocycles. The quantitative estimate of drug-likeness (QED) is 0.718. The first kappa shape index (κ1) is 20.0. The summed E-state index contributed by atoms with van der Waals surface area (Å²) in [6.45, 7) is 6.05. The van der Waals surface area contributed by atoms with Crippen LogP contribution in [0.1, 0.15) is 29.8 Å². The van der Waals surface area contributed by atoms with Crippen LogP contribution in [-0.2, 0) is 11.3 Å². The van der Waals surface area contributed by atoms with E-state index in [4.69, 9.17) is 4.74 Å². The van der Waals surface area contributed by atoms with Gasteiger partial charge in [0.2, 0.25) is 0 Å². The third-order valence-electron chi connectivity index (χ3n) is 5.13. The van der Waals surface area contributed by atoms with Gasteiger partial charge in [0.05, 0.1) is 5.56 Å². The molecule has 0 aliphatic carbocycles. The van der Waals surface area contributed by atoms with Gasteiger partial charge >= 0.3 is 0 Å². The maximum absolute atomic E-state index is 13.1. The van der Waals surface area contributed by atoms with Crippen LogP contribution in [0.25, 0.3) is 0 Å². The average Bonchev–Trinajstić information content (AvgIpc) is 2.70. The van der Waals surface area contributed by atoms with E-state index in [0.717, 1.165) is 24.9 Å². The molecular formula is C22H25FN2O3. The van der Waals surface area contributed by atoms with Crippen LogP contribution >= 0.6 is 0 Å². The lowest BCUT2D eigenvalue weighted by atomic mass is 10.1. The molecule has 1 saturated heterocycles. The summed E-state index contributed by atoms with van der Waals surface area (Å²) in [7, 11) is 0. The predicted molar refractivity (Wildman–Crippen MR) is 105 cm³/mol. The van der Waals surface area contributed by atoms with Crippen LogP contribution in [-0.4, -0.2) is 53.8 Å². The molecule has 2 atom stereocenters. The van der Waals surface area contributed by atoms with Gasteiger partial charge in [0.25, 0.3) is 5.91 Å². The summed E-state index contributed by atoms with van der Waals surface area (Å²) in [6.07, 6.45) is 0.721. The highest BCUT2D eigenvalue weighted by Crippen LogP contribution is 2.20. The topological polar surface area (TPSA) is 49.9 Å². The van der Waals surface area contributed by atoms with Gasteiger partial charge < -0.3 is 9.64 Å². The summed E-state index contributed by atoms with van der Waals surface area (Å²) in [5.74, 6) is 0.0831. The van der Waals surface area contributed by atoms with Crippen LogP contribution in [0.15, 0.2) is 48.5 Å². The van der Waals surface area contributed by atoms with E-state index in [1.54, 1.807) is 36.4 Å². The molecule has 2 aromatic carbocycles. The molecule has 1 amide bonds.